The zero-order chi connectivity index (χ0) is 14.7. The van der Waals surface area contributed by atoms with Crippen LogP contribution in [0.4, 0.5) is 0 Å². The Morgan fingerprint density at radius 1 is 1.19 bits per heavy atom. The summed E-state index contributed by atoms with van der Waals surface area (Å²) in [5, 5.41) is 3.56. The third-order valence-corrected chi connectivity index (χ3v) is 4.86. The van der Waals surface area contributed by atoms with Crippen LogP contribution in [0.1, 0.15) is 56.2 Å². The second-order valence-corrected chi connectivity index (χ2v) is 6.27. The molecule has 3 unspecified atom stereocenters. The molecule has 1 aromatic carbocycles. The van der Waals surface area contributed by atoms with Crippen LogP contribution < -0.4 is 10.1 Å². The number of hydrogen-bond acceptors (Lipinski definition) is 3. The van der Waals surface area contributed by atoms with E-state index in [-0.39, 0.29) is 0 Å². The third-order valence-electron chi connectivity index (χ3n) is 4.86. The minimum absolute atomic E-state index is 0.313. The van der Waals surface area contributed by atoms with E-state index in [4.69, 9.17) is 9.47 Å². The van der Waals surface area contributed by atoms with Gasteiger partial charge in [0, 0.05) is 19.6 Å². The zero-order valence-electron chi connectivity index (χ0n) is 13.2. The van der Waals surface area contributed by atoms with Crippen molar-refractivity contribution >= 4 is 0 Å². The van der Waals surface area contributed by atoms with E-state index in [1.54, 1.807) is 0 Å². The Morgan fingerprint density at radius 3 is 2.86 bits per heavy atom. The van der Waals surface area contributed by atoms with Crippen molar-refractivity contribution < 1.29 is 9.47 Å². The topological polar surface area (TPSA) is 30.5 Å². The zero-order valence-corrected chi connectivity index (χ0v) is 13.2. The van der Waals surface area contributed by atoms with Crippen molar-refractivity contribution in [1.82, 2.24) is 5.32 Å². The molecule has 0 amide bonds. The molecule has 0 bridgehead atoms. The highest BCUT2D eigenvalue weighted by molar-refractivity contribution is 5.40. The average Bonchev–Trinajstić information content (AvgIpc) is 2.90. The minimum atomic E-state index is 0.313. The lowest BCUT2D eigenvalue weighted by molar-refractivity contribution is 0.0209. The molecule has 3 nitrogen and oxygen atoms in total. The second kappa shape index (κ2) is 6.80. The summed E-state index contributed by atoms with van der Waals surface area (Å²) in [5.41, 5.74) is 2.92. The van der Waals surface area contributed by atoms with Gasteiger partial charge >= 0.3 is 0 Å². The van der Waals surface area contributed by atoms with E-state index in [1.165, 1.54) is 30.4 Å². The van der Waals surface area contributed by atoms with E-state index < -0.39 is 0 Å². The number of benzene rings is 1. The molecule has 2 aliphatic carbocycles. The van der Waals surface area contributed by atoms with Gasteiger partial charge in [-0.05, 0) is 61.9 Å². The van der Waals surface area contributed by atoms with Crippen molar-refractivity contribution in [2.75, 3.05) is 13.7 Å². The summed E-state index contributed by atoms with van der Waals surface area (Å²) in [4.78, 5) is 0. The number of nitrogens with one attached hydrogen (secondary N) is 1. The molecular weight excluding hydrogens is 262 g/mol. The summed E-state index contributed by atoms with van der Waals surface area (Å²) < 4.78 is 11.7. The molecule has 1 fully saturated rings. The van der Waals surface area contributed by atoms with Crippen molar-refractivity contribution in [3.8, 4) is 5.75 Å². The standard InChI is InChI=1S/C18H27NO2/c1-3-19-18-10-7-13-11-16(8-9-17(13)18)21-15-6-4-5-14(12-15)20-2/h8-9,11,14-15,18-19H,3-7,10,12H2,1-2H3. The van der Waals surface area contributed by atoms with Gasteiger partial charge in [0.1, 0.15) is 11.9 Å². The predicted octanol–water partition coefficient (Wildman–Crippen LogP) is 3.62. The maximum absolute atomic E-state index is 6.21. The summed E-state index contributed by atoms with van der Waals surface area (Å²) >= 11 is 0. The molecule has 1 N–H and O–H groups in total. The van der Waals surface area contributed by atoms with Gasteiger partial charge < -0.3 is 14.8 Å². The first-order valence-electron chi connectivity index (χ1n) is 8.35. The summed E-state index contributed by atoms with van der Waals surface area (Å²) in [6.45, 7) is 3.20. The van der Waals surface area contributed by atoms with Gasteiger partial charge in [-0.1, -0.05) is 13.0 Å². The molecule has 0 saturated heterocycles. The van der Waals surface area contributed by atoms with Crippen molar-refractivity contribution in [2.45, 2.75) is 63.7 Å². The average molecular weight is 289 g/mol. The van der Waals surface area contributed by atoms with Gasteiger partial charge in [-0.15, -0.1) is 0 Å². The second-order valence-electron chi connectivity index (χ2n) is 6.27. The largest absolute Gasteiger partial charge is 0.490 e. The molecule has 2 aliphatic rings. The first kappa shape index (κ1) is 14.9. The quantitative estimate of drug-likeness (QED) is 0.898. The molecule has 0 spiro atoms. The molecule has 0 aliphatic heterocycles. The van der Waals surface area contributed by atoms with Crippen LogP contribution in [0.25, 0.3) is 0 Å². The number of aryl methyl sites for hydroxylation is 1. The number of ether oxygens (including phenoxy) is 2. The van der Waals surface area contributed by atoms with Crippen LogP contribution >= 0.6 is 0 Å². The van der Waals surface area contributed by atoms with Crippen molar-refractivity contribution in [3.05, 3.63) is 29.3 Å². The number of methoxy groups -OCH3 is 1. The Bertz CT molecular complexity index is 474. The lowest BCUT2D eigenvalue weighted by atomic mass is 9.95. The molecule has 0 aromatic heterocycles. The monoisotopic (exact) mass is 289 g/mol. The molecule has 1 saturated carbocycles. The van der Waals surface area contributed by atoms with Gasteiger partial charge in [-0.2, -0.15) is 0 Å². The Kier molecular flexibility index (Phi) is 4.81. The van der Waals surface area contributed by atoms with Crippen molar-refractivity contribution in [1.29, 1.82) is 0 Å². The van der Waals surface area contributed by atoms with Gasteiger partial charge in [0.05, 0.1) is 6.10 Å². The highest BCUT2D eigenvalue weighted by atomic mass is 16.5. The van der Waals surface area contributed by atoms with Crippen LogP contribution in [0.15, 0.2) is 18.2 Å². The van der Waals surface area contributed by atoms with E-state index >= 15 is 0 Å². The molecule has 3 rings (SSSR count). The highest BCUT2D eigenvalue weighted by Crippen LogP contribution is 2.34. The highest BCUT2D eigenvalue weighted by Gasteiger charge is 2.25. The molecule has 3 heteroatoms. The first-order valence-corrected chi connectivity index (χ1v) is 8.35. The summed E-state index contributed by atoms with van der Waals surface area (Å²) in [5.74, 6) is 1.03. The maximum atomic E-state index is 6.21. The Labute approximate surface area is 128 Å². The maximum Gasteiger partial charge on any atom is 0.120 e. The van der Waals surface area contributed by atoms with Gasteiger partial charge in [-0.3, -0.25) is 0 Å². The van der Waals surface area contributed by atoms with E-state index in [0.717, 1.165) is 31.6 Å². The molecule has 1 aromatic rings. The molecule has 116 valence electrons. The van der Waals surface area contributed by atoms with Crippen molar-refractivity contribution in [2.24, 2.45) is 0 Å². The van der Waals surface area contributed by atoms with Gasteiger partial charge in [-0.25, -0.2) is 0 Å². The summed E-state index contributed by atoms with van der Waals surface area (Å²) in [7, 11) is 1.81. The van der Waals surface area contributed by atoms with Crippen LogP contribution in [-0.2, 0) is 11.2 Å². The molecule has 21 heavy (non-hydrogen) atoms. The van der Waals surface area contributed by atoms with E-state index in [0.29, 0.717) is 18.2 Å². The molecule has 3 atom stereocenters. The fraction of sp³-hybridized carbons (Fsp3) is 0.667. The Morgan fingerprint density at radius 2 is 2.05 bits per heavy atom. The third kappa shape index (κ3) is 3.41. The predicted molar refractivity (Wildman–Crippen MR) is 84.9 cm³/mol. The van der Waals surface area contributed by atoms with Crippen LogP contribution in [0, 0.1) is 0 Å². The van der Waals surface area contributed by atoms with Crippen LogP contribution in [0.3, 0.4) is 0 Å². The Hall–Kier alpha value is -1.06. The van der Waals surface area contributed by atoms with Crippen LogP contribution in [-0.4, -0.2) is 25.9 Å². The fourth-order valence-electron chi connectivity index (χ4n) is 3.74. The normalized spacial score (nSPS) is 28.4. The Balaban J connectivity index is 1.65. The first-order chi connectivity index (χ1) is 10.3. The van der Waals surface area contributed by atoms with Crippen LogP contribution in [0.2, 0.25) is 0 Å². The number of rotatable bonds is 5. The molecule has 0 radical (unpaired) electrons. The SMILES string of the molecule is CCNC1CCc2cc(OC3CCCC(OC)C3)ccc21. The number of hydrogen-bond donors (Lipinski definition) is 1. The van der Waals surface area contributed by atoms with E-state index in [9.17, 15) is 0 Å². The van der Waals surface area contributed by atoms with E-state index in [2.05, 4.69) is 30.4 Å². The van der Waals surface area contributed by atoms with Crippen molar-refractivity contribution in [3.63, 3.8) is 0 Å². The fourth-order valence-corrected chi connectivity index (χ4v) is 3.74. The van der Waals surface area contributed by atoms with E-state index in [1.807, 2.05) is 7.11 Å². The molecular formula is C18H27NO2. The lowest BCUT2D eigenvalue weighted by Gasteiger charge is -2.28. The number of fused-ring (bicyclic) bond motifs is 1. The van der Waals surface area contributed by atoms with Gasteiger partial charge in [0.15, 0.2) is 0 Å². The smallest absolute Gasteiger partial charge is 0.120 e. The minimum Gasteiger partial charge on any atom is -0.490 e. The lowest BCUT2D eigenvalue weighted by Crippen LogP contribution is -2.29. The van der Waals surface area contributed by atoms with Gasteiger partial charge in [0.2, 0.25) is 0 Å². The summed E-state index contributed by atoms with van der Waals surface area (Å²) in [6.07, 6.45) is 7.60. The molecule has 0 heterocycles. The van der Waals surface area contributed by atoms with Crippen LogP contribution in [0.5, 0.6) is 5.75 Å². The summed E-state index contributed by atoms with van der Waals surface area (Å²) in [6, 6.07) is 7.18. The van der Waals surface area contributed by atoms with Gasteiger partial charge in [0.25, 0.3) is 0 Å².